The number of hydrazone groups is 1. The van der Waals surface area contributed by atoms with Crippen molar-refractivity contribution in [1.29, 1.82) is 0 Å². The Hall–Kier alpha value is -1.79. The van der Waals surface area contributed by atoms with Crippen LogP contribution in [0.15, 0.2) is 39.9 Å². The summed E-state index contributed by atoms with van der Waals surface area (Å²) in [5.41, 5.74) is 7.21. The van der Waals surface area contributed by atoms with Crippen LogP contribution >= 0.6 is 28.1 Å². The highest BCUT2D eigenvalue weighted by Gasteiger charge is 2.08. The van der Waals surface area contributed by atoms with Crippen molar-refractivity contribution < 1.29 is 4.39 Å². The molecule has 0 amide bonds. The Morgan fingerprint density at radius 3 is 2.58 bits per heavy atom. The average molecular weight is 408 g/mol. The normalized spacial score (nSPS) is 10.9. The summed E-state index contributed by atoms with van der Waals surface area (Å²) in [6.07, 6.45) is 2.17. The number of rotatable bonds is 4. The smallest absolute Gasteiger partial charge is 0.191 e. The van der Waals surface area contributed by atoms with Crippen LogP contribution in [0.25, 0.3) is 0 Å². The summed E-state index contributed by atoms with van der Waals surface area (Å²) in [6.45, 7) is 5.98. The minimum atomic E-state index is -0.319. The number of hydrogen-bond acceptors (Lipinski definition) is 2. The monoisotopic (exact) mass is 407 g/mol. The van der Waals surface area contributed by atoms with Gasteiger partial charge in [0.1, 0.15) is 5.82 Å². The predicted octanol–water partition coefficient (Wildman–Crippen LogP) is 5.09. The van der Waals surface area contributed by atoms with E-state index in [1.165, 1.54) is 12.3 Å². The van der Waals surface area contributed by atoms with E-state index in [1.807, 2.05) is 45.0 Å². The predicted molar refractivity (Wildman–Crippen MR) is 106 cm³/mol. The van der Waals surface area contributed by atoms with Gasteiger partial charge in [-0.1, -0.05) is 41.1 Å². The summed E-state index contributed by atoms with van der Waals surface area (Å²) in [5, 5.41) is 7.54. The van der Waals surface area contributed by atoms with Gasteiger partial charge in [0, 0.05) is 15.7 Å². The van der Waals surface area contributed by atoms with E-state index < -0.39 is 0 Å². The summed E-state index contributed by atoms with van der Waals surface area (Å²) < 4.78 is 14.8. The second-order valence-corrected chi connectivity index (χ2v) is 6.73. The van der Waals surface area contributed by atoms with E-state index in [2.05, 4.69) is 31.8 Å². The molecule has 2 rings (SSSR count). The molecule has 24 heavy (non-hydrogen) atoms. The molecule has 0 aliphatic rings. The fourth-order valence-corrected chi connectivity index (χ4v) is 3.02. The van der Waals surface area contributed by atoms with E-state index >= 15 is 0 Å². The second kappa shape index (κ2) is 8.35. The lowest BCUT2D eigenvalue weighted by atomic mass is 10.1. The molecule has 0 saturated heterocycles. The van der Waals surface area contributed by atoms with E-state index in [0.29, 0.717) is 21.6 Å². The molecule has 0 atom stereocenters. The molecule has 2 N–H and O–H groups in total. The average Bonchev–Trinajstić information content (AvgIpc) is 2.52. The molecule has 0 heterocycles. The van der Waals surface area contributed by atoms with E-state index in [1.54, 1.807) is 0 Å². The van der Waals surface area contributed by atoms with Gasteiger partial charge in [0.25, 0.3) is 0 Å². The highest BCUT2D eigenvalue weighted by Crippen LogP contribution is 2.20. The van der Waals surface area contributed by atoms with Crippen LogP contribution in [0.5, 0.6) is 0 Å². The Balaban J connectivity index is 2.08. The summed E-state index contributed by atoms with van der Waals surface area (Å²) in [7, 11) is 0. The lowest BCUT2D eigenvalue weighted by molar-refractivity contribution is 0.622. The van der Waals surface area contributed by atoms with Crippen molar-refractivity contribution in [1.82, 2.24) is 5.43 Å². The summed E-state index contributed by atoms with van der Waals surface area (Å²) in [6, 6.07) is 9.32. The van der Waals surface area contributed by atoms with Crippen LogP contribution < -0.4 is 10.7 Å². The zero-order valence-corrected chi connectivity index (χ0v) is 16.2. The maximum atomic E-state index is 14.1. The SMILES string of the molecule is CCc1cc(Br)cc(F)c1C=NNC(=S)Nc1c(C)cccc1C. The van der Waals surface area contributed by atoms with E-state index in [-0.39, 0.29) is 5.82 Å². The molecule has 2 aromatic carbocycles. The molecule has 6 heteroatoms. The first-order chi connectivity index (χ1) is 11.4. The van der Waals surface area contributed by atoms with Crippen molar-refractivity contribution in [2.75, 3.05) is 5.32 Å². The molecule has 2 aromatic rings. The zero-order chi connectivity index (χ0) is 17.7. The van der Waals surface area contributed by atoms with Gasteiger partial charge >= 0.3 is 0 Å². The number of nitrogens with zero attached hydrogens (tertiary/aromatic N) is 1. The molecule has 0 spiro atoms. The topological polar surface area (TPSA) is 36.4 Å². The van der Waals surface area contributed by atoms with Gasteiger partial charge in [0.2, 0.25) is 0 Å². The number of anilines is 1. The minimum Gasteiger partial charge on any atom is -0.331 e. The van der Waals surface area contributed by atoms with E-state index in [9.17, 15) is 4.39 Å². The fraction of sp³-hybridized carbons (Fsp3) is 0.222. The van der Waals surface area contributed by atoms with Gasteiger partial charge in [-0.3, -0.25) is 5.43 Å². The molecule has 0 aliphatic carbocycles. The van der Waals surface area contributed by atoms with Crippen LogP contribution in [-0.4, -0.2) is 11.3 Å². The Bertz CT molecular complexity index is 770. The third kappa shape index (κ3) is 4.61. The van der Waals surface area contributed by atoms with Gasteiger partial charge in [-0.15, -0.1) is 0 Å². The van der Waals surface area contributed by atoms with Crippen LogP contribution in [0.4, 0.5) is 10.1 Å². The van der Waals surface area contributed by atoms with Crippen LogP contribution in [0.1, 0.15) is 29.2 Å². The molecule has 0 aliphatic heterocycles. The van der Waals surface area contributed by atoms with Gasteiger partial charge in [-0.05, 0) is 61.3 Å². The van der Waals surface area contributed by atoms with Gasteiger partial charge in [0.15, 0.2) is 5.11 Å². The second-order valence-electron chi connectivity index (χ2n) is 5.40. The van der Waals surface area contributed by atoms with Crippen LogP contribution in [0.2, 0.25) is 0 Å². The standard InChI is InChI=1S/C18H19BrFN3S/c1-4-13-8-14(19)9-16(20)15(13)10-21-23-18(24)22-17-11(2)6-5-7-12(17)3/h5-10H,4H2,1-3H3,(H2,22,23,24). The van der Waals surface area contributed by atoms with Crippen molar-refractivity contribution in [2.45, 2.75) is 27.2 Å². The highest BCUT2D eigenvalue weighted by molar-refractivity contribution is 9.10. The molecule has 0 bridgehead atoms. The lowest BCUT2D eigenvalue weighted by Crippen LogP contribution is -2.24. The van der Waals surface area contributed by atoms with Crippen molar-refractivity contribution in [3.05, 3.63) is 62.9 Å². The van der Waals surface area contributed by atoms with Gasteiger partial charge in [-0.2, -0.15) is 5.10 Å². The summed E-state index contributed by atoms with van der Waals surface area (Å²) in [5.74, 6) is -0.319. The third-order valence-electron chi connectivity index (χ3n) is 3.64. The van der Waals surface area contributed by atoms with Gasteiger partial charge in [0.05, 0.1) is 6.21 Å². The molecule has 0 saturated carbocycles. The Morgan fingerprint density at radius 2 is 1.96 bits per heavy atom. The van der Waals surface area contributed by atoms with Crippen molar-refractivity contribution >= 4 is 45.2 Å². The summed E-state index contributed by atoms with van der Waals surface area (Å²) in [4.78, 5) is 0. The van der Waals surface area contributed by atoms with Crippen molar-refractivity contribution in [2.24, 2.45) is 5.10 Å². The maximum Gasteiger partial charge on any atom is 0.191 e. The van der Waals surface area contributed by atoms with Gasteiger partial charge in [-0.25, -0.2) is 4.39 Å². The largest absolute Gasteiger partial charge is 0.331 e. The molecule has 0 fully saturated rings. The Morgan fingerprint density at radius 1 is 1.29 bits per heavy atom. The fourth-order valence-electron chi connectivity index (χ4n) is 2.38. The summed E-state index contributed by atoms with van der Waals surface area (Å²) >= 11 is 8.55. The minimum absolute atomic E-state index is 0.319. The molecule has 0 aromatic heterocycles. The number of para-hydroxylation sites is 1. The first kappa shape index (κ1) is 18.5. The molecule has 3 nitrogen and oxygen atoms in total. The van der Waals surface area contributed by atoms with Crippen molar-refractivity contribution in [3.63, 3.8) is 0 Å². The Kier molecular flexibility index (Phi) is 6.45. The third-order valence-corrected chi connectivity index (χ3v) is 4.29. The molecular weight excluding hydrogens is 389 g/mol. The van der Waals surface area contributed by atoms with Gasteiger partial charge < -0.3 is 5.32 Å². The van der Waals surface area contributed by atoms with Crippen LogP contribution in [0, 0.1) is 19.7 Å². The number of halogens is 2. The first-order valence-corrected chi connectivity index (χ1v) is 8.76. The van der Waals surface area contributed by atoms with Crippen LogP contribution in [0.3, 0.4) is 0 Å². The molecule has 0 radical (unpaired) electrons. The van der Waals surface area contributed by atoms with Crippen LogP contribution in [-0.2, 0) is 6.42 Å². The van der Waals surface area contributed by atoms with E-state index in [4.69, 9.17) is 12.2 Å². The quantitative estimate of drug-likeness (QED) is 0.421. The first-order valence-electron chi connectivity index (χ1n) is 7.56. The number of hydrogen-bond donors (Lipinski definition) is 2. The molecule has 126 valence electrons. The Labute approximate surface area is 155 Å². The van der Waals surface area contributed by atoms with Crippen molar-refractivity contribution in [3.8, 4) is 0 Å². The highest BCUT2D eigenvalue weighted by atomic mass is 79.9. The number of nitrogens with one attached hydrogen (secondary N) is 2. The lowest BCUT2D eigenvalue weighted by Gasteiger charge is -2.12. The zero-order valence-electron chi connectivity index (χ0n) is 13.8. The van der Waals surface area contributed by atoms with E-state index in [0.717, 1.165) is 22.4 Å². The molecular formula is C18H19BrFN3S. The maximum absolute atomic E-state index is 14.1. The number of thiocarbonyl (C=S) groups is 1. The number of benzene rings is 2. The number of aryl methyl sites for hydroxylation is 3. The molecule has 0 unspecified atom stereocenters.